The molecular weight excluding hydrogens is 294 g/mol. The maximum Gasteiger partial charge on any atom is 0.257 e. The van der Waals surface area contributed by atoms with Crippen molar-refractivity contribution in [2.24, 2.45) is 0 Å². The summed E-state index contributed by atoms with van der Waals surface area (Å²) in [5.74, 6) is -0.239. The lowest BCUT2D eigenvalue weighted by Crippen LogP contribution is -2.14. The standard InChI is InChI=1S/C13H12BrN3O/c1-8-6-9(2-3-11(8)14)17-13(18)10-4-5-16-7-12(10)15/h2-7H,15H2,1H3,(H,17,18). The summed E-state index contributed by atoms with van der Waals surface area (Å²) in [7, 11) is 0. The van der Waals surface area contributed by atoms with E-state index in [9.17, 15) is 4.79 Å². The number of carbonyl (C=O) groups is 1. The van der Waals surface area contributed by atoms with Gasteiger partial charge in [0.2, 0.25) is 0 Å². The molecule has 2 aromatic rings. The third kappa shape index (κ3) is 2.68. The zero-order valence-electron chi connectivity index (χ0n) is 9.77. The second-order valence-electron chi connectivity index (χ2n) is 3.88. The first-order valence-electron chi connectivity index (χ1n) is 5.35. The number of nitrogens with one attached hydrogen (secondary N) is 1. The summed E-state index contributed by atoms with van der Waals surface area (Å²) >= 11 is 3.41. The van der Waals surface area contributed by atoms with Gasteiger partial charge < -0.3 is 11.1 Å². The molecule has 0 fully saturated rings. The first kappa shape index (κ1) is 12.6. The molecule has 0 unspecified atom stereocenters. The highest BCUT2D eigenvalue weighted by Gasteiger charge is 2.09. The van der Waals surface area contributed by atoms with Crippen molar-refractivity contribution in [3.8, 4) is 0 Å². The highest BCUT2D eigenvalue weighted by Crippen LogP contribution is 2.21. The average Bonchev–Trinajstić information content (AvgIpc) is 2.34. The van der Waals surface area contributed by atoms with Crippen molar-refractivity contribution in [1.29, 1.82) is 0 Å². The smallest absolute Gasteiger partial charge is 0.257 e. The molecular formula is C13H12BrN3O. The van der Waals surface area contributed by atoms with Gasteiger partial charge in [-0.3, -0.25) is 9.78 Å². The lowest BCUT2D eigenvalue weighted by molar-refractivity contribution is 0.102. The van der Waals surface area contributed by atoms with E-state index in [-0.39, 0.29) is 5.91 Å². The van der Waals surface area contributed by atoms with Crippen LogP contribution in [0, 0.1) is 6.92 Å². The van der Waals surface area contributed by atoms with Crippen molar-refractivity contribution >= 4 is 33.2 Å². The Hall–Kier alpha value is -1.88. The van der Waals surface area contributed by atoms with E-state index in [4.69, 9.17) is 5.73 Å². The average molecular weight is 306 g/mol. The highest BCUT2D eigenvalue weighted by molar-refractivity contribution is 9.10. The first-order valence-corrected chi connectivity index (χ1v) is 6.14. The SMILES string of the molecule is Cc1cc(NC(=O)c2ccncc2N)ccc1Br. The summed E-state index contributed by atoms with van der Waals surface area (Å²) in [4.78, 5) is 15.8. The van der Waals surface area contributed by atoms with Crippen molar-refractivity contribution < 1.29 is 4.79 Å². The van der Waals surface area contributed by atoms with Crippen LogP contribution in [-0.2, 0) is 0 Å². The lowest BCUT2D eigenvalue weighted by atomic mass is 10.2. The first-order chi connectivity index (χ1) is 8.58. The molecule has 18 heavy (non-hydrogen) atoms. The van der Waals surface area contributed by atoms with E-state index < -0.39 is 0 Å². The normalized spacial score (nSPS) is 10.1. The Labute approximate surface area is 113 Å². The van der Waals surface area contributed by atoms with Crippen LogP contribution in [0.1, 0.15) is 15.9 Å². The Morgan fingerprint density at radius 3 is 2.83 bits per heavy atom. The number of amides is 1. The van der Waals surface area contributed by atoms with Crippen molar-refractivity contribution in [2.45, 2.75) is 6.92 Å². The van der Waals surface area contributed by atoms with E-state index in [2.05, 4.69) is 26.2 Å². The summed E-state index contributed by atoms with van der Waals surface area (Å²) in [5, 5.41) is 2.80. The molecule has 0 aliphatic heterocycles. The number of nitrogens with zero attached hydrogens (tertiary/aromatic N) is 1. The van der Waals surface area contributed by atoms with Gasteiger partial charge in [-0.25, -0.2) is 0 Å². The van der Waals surface area contributed by atoms with Crippen LogP contribution in [0.3, 0.4) is 0 Å². The van der Waals surface area contributed by atoms with Gasteiger partial charge in [0.1, 0.15) is 0 Å². The number of nitrogens with two attached hydrogens (primary N) is 1. The molecule has 4 nitrogen and oxygen atoms in total. The van der Waals surface area contributed by atoms with E-state index in [0.29, 0.717) is 11.3 Å². The molecule has 5 heteroatoms. The number of halogens is 1. The molecule has 0 bridgehead atoms. The molecule has 1 amide bonds. The number of aromatic nitrogens is 1. The molecule has 92 valence electrons. The molecule has 0 aliphatic rings. The molecule has 0 radical (unpaired) electrons. The van der Waals surface area contributed by atoms with Crippen LogP contribution >= 0.6 is 15.9 Å². The summed E-state index contributed by atoms with van der Waals surface area (Å²) in [6.45, 7) is 1.96. The fourth-order valence-electron chi connectivity index (χ4n) is 1.53. The van der Waals surface area contributed by atoms with E-state index in [1.807, 2.05) is 25.1 Å². The zero-order chi connectivity index (χ0) is 13.1. The zero-order valence-corrected chi connectivity index (χ0v) is 11.4. The number of carbonyl (C=O) groups excluding carboxylic acids is 1. The molecule has 0 saturated carbocycles. The molecule has 1 aromatic carbocycles. The quantitative estimate of drug-likeness (QED) is 0.896. The topological polar surface area (TPSA) is 68.0 Å². The molecule has 0 aliphatic carbocycles. The molecule has 0 spiro atoms. The molecule has 0 saturated heterocycles. The van der Waals surface area contributed by atoms with Crippen LogP contribution in [0.5, 0.6) is 0 Å². The van der Waals surface area contributed by atoms with E-state index in [0.717, 1.165) is 15.7 Å². The number of aryl methyl sites for hydroxylation is 1. The van der Waals surface area contributed by atoms with Gasteiger partial charge >= 0.3 is 0 Å². The Bertz CT molecular complexity index is 599. The van der Waals surface area contributed by atoms with Crippen LogP contribution < -0.4 is 11.1 Å². The monoisotopic (exact) mass is 305 g/mol. The fraction of sp³-hybridized carbons (Fsp3) is 0.0769. The van der Waals surface area contributed by atoms with Gasteiger partial charge in [-0.2, -0.15) is 0 Å². The van der Waals surface area contributed by atoms with Crippen molar-refractivity contribution in [3.05, 3.63) is 52.3 Å². The Kier molecular flexibility index (Phi) is 3.62. The summed E-state index contributed by atoms with van der Waals surface area (Å²) in [6.07, 6.45) is 3.00. The van der Waals surface area contributed by atoms with Crippen LogP contribution in [0.25, 0.3) is 0 Å². The second kappa shape index (κ2) is 5.18. The van der Waals surface area contributed by atoms with Gasteiger partial charge in [-0.05, 0) is 36.8 Å². The molecule has 0 atom stereocenters. The maximum absolute atomic E-state index is 12.0. The van der Waals surface area contributed by atoms with Gasteiger partial charge in [0.05, 0.1) is 17.4 Å². The number of hydrogen-bond donors (Lipinski definition) is 2. The second-order valence-corrected chi connectivity index (χ2v) is 4.74. The van der Waals surface area contributed by atoms with Gasteiger partial charge in [-0.15, -0.1) is 0 Å². The minimum atomic E-state index is -0.239. The van der Waals surface area contributed by atoms with Crippen molar-refractivity contribution in [2.75, 3.05) is 11.1 Å². The summed E-state index contributed by atoms with van der Waals surface area (Å²) in [5.41, 5.74) is 8.27. The minimum absolute atomic E-state index is 0.239. The van der Waals surface area contributed by atoms with Gasteiger partial charge in [0.15, 0.2) is 0 Å². The van der Waals surface area contributed by atoms with Gasteiger partial charge in [-0.1, -0.05) is 15.9 Å². The number of nitrogen functional groups attached to an aromatic ring is 1. The number of benzene rings is 1. The Morgan fingerprint density at radius 2 is 2.17 bits per heavy atom. The van der Waals surface area contributed by atoms with Crippen molar-refractivity contribution in [3.63, 3.8) is 0 Å². The Balaban J connectivity index is 2.22. The van der Waals surface area contributed by atoms with E-state index in [1.165, 1.54) is 12.4 Å². The summed E-state index contributed by atoms with van der Waals surface area (Å²) < 4.78 is 1.00. The maximum atomic E-state index is 12.0. The van der Waals surface area contributed by atoms with E-state index in [1.54, 1.807) is 6.07 Å². The highest BCUT2D eigenvalue weighted by atomic mass is 79.9. The van der Waals surface area contributed by atoms with Crippen LogP contribution in [0.4, 0.5) is 11.4 Å². The number of pyridine rings is 1. The van der Waals surface area contributed by atoms with Crippen LogP contribution in [0.2, 0.25) is 0 Å². The predicted octanol–water partition coefficient (Wildman–Crippen LogP) is 2.99. The third-order valence-corrected chi connectivity index (χ3v) is 3.40. The Morgan fingerprint density at radius 1 is 1.39 bits per heavy atom. The van der Waals surface area contributed by atoms with Crippen molar-refractivity contribution in [1.82, 2.24) is 4.98 Å². The van der Waals surface area contributed by atoms with Gasteiger partial charge in [0.25, 0.3) is 5.91 Å². The minimum Gasteiger partial charge on any atom is -0.397 e. The van der Waals surface area contributed by atoms with Crippen LogP contribution in [-0.4, -0.2) is 10.9 Å². The number of rotatable bonds is 2. The van der Waals surface area contributed by atoms with Gasteiger partial charge in [0, 0.05) is 16.4 Å². The molecule has 2 rings (SSSR count). The van der Waals surface area contributed by atoms with Crippen LogP contribution in [0.15, 0.2) is 41.1 Å². The lowest BCUT2D eigenvalue weighted by Gasteiger charge is -2.08. The number of anilines is 2. The fourth-order valence-corrected chi connectivity index (χ4v) is 1.78. The molecule has 1 aromatic heterocycles. The molecule has 1 heterocycles. The number of hydrogen-bond acceptors (Lipinski definition) is 3. The van der Waals surface area contributed by atoms with E-state index >= 15 is 0 Å². The predicted molar refractivity (Wildman–Crippen MR) is 75.5 cm³/mol. The largest absolute Gasteiger partial charge is 0.397 e. The summed E-state index contributed by atoms with van der Waals surface area (Å²) in [6, 6.07) is 7.20. The third-order valence-electron chi connectivity index (χ3n) is 2.51. The molecule has 3 N–H and O–H groups in total.